The number of nitrogens with zero attached hydrogens (tertiary/aromatic N) is 1. The Kier molecular flexibility index (Phi) is 0.487. The summed E-state index contributed by atoms with van der Waals surface area (Å²) in [7, 11) is 0. The molecule has 1 nitrogen and oxygen atoms in total. The maximum atomic E-state index is 2.30. The highest BCUT2D eigenvalue weighted by molar-refractivity contribution is 4.83. The number of likely N-dealkylation sites (N-methyl/N-ethyl adjacent to an activating group) is 1. The van der Waals surface area contributed by atoms with E-state index in [1.165, 1.54) is 30.5 Å². The van der Waals surface area contributed by atoms with Gasteiger partial charge in [-0.15, -0.1) is 0 Å². The standard InChI is InChI=1S/C6H12N/c1-2-7-4-3-6(7)5-7/h6H,2-5H2,1H3/q+1. The van der Waals surface area contributed by atoms with E-state index in [0.29, 0.717) is 0 Å². The molecule has 1 heteroatoms. The van der Waals surface area contributed by atoms with Crippen molar-refractivity contribution < 1.29 is 4.48 Å². The predicted molar refractivity (Wildman–Crippen MR) is 28.9 cm³/mol. The molecule has 0 N–H and O–H groups in total. The molecule has 2 aliphatic heterocycles. The highest BCUT2D eigenvalue weighted by atomic mass is 15.5. The Hall–Kier alpha value is -0.0400. The third-order valence-electron chi connectivity index (χ3n) is 2.75. The van der Waals surface area contributed by atoms with E-state index in [1.54, 1.807) is 0 Å². The highest BCUT2D eigenvalue weighted by Gasteiger charge is 2.61. The van der Waals surface area contributed by atoms with Crippen LogP contribution < -0.4 is 0 Å². The van der Waals surface area contributed by atoms with E-state index in [4.69, 9.17) is 0 Å². The minimum absolute atomic E-state index is 1.13. The second kappa shape index (κ2) is 0.873. The molecule has 0 aliphatic carbocycles. The Balaban J connectivity index is 2.06. The maximum absolute atomic E-state index is 2.30. The molecule has 2 saturated heterocycles. The molecule has 0 aromatic heterocycles. The van der Waals surface area contributed by atoms with Gasteiger partial charge < -0.3 is 4.48 Å². The fourth-order valence-electron chi connectivity index (χ4n) is 1.78. The average molecular weight is 98.2 g/mol. The molecule has 0 amide bonds. The molecule has 2 rings (SSSR count). The lowest BCUT2D eigenvalue weighted by molar-refractivity contribution is -0.845. The van der Waals surface area contributed by atoms with Crippen LogP contribution in [0.4, 0.5) is 0 Å². The van der Waals surface area contributed by atoms with Crippen LogP contribution in [0.15, 0.2) is 0 Å². The minimum Gasteiger partial charge on any atom is -0.311 e. The summed E-state index contributed by atoms with van der Waals surface area (Å²) >= 11 is 0. The fraction of sp³-hybridized carbons (Fsp3) is 1.00. The van der Waals surface area contributed by atoms with Crippen LogP contribution in [0, 0.1) is 0 Å². The van der Waals surface area contributed by atoms with Crippen LogP contribution in [-0.4, -0.2) is 30.2 Å². The van der Waals surface area contributed by atoms with Crippen LogP contribution in [0.5, 0.6) is 0 Å². The van der Waals surface area contributed by atoms with Crippen molar-refractivity contribution in [3.8, 4) is 0 Å². The van der Waals surface area contributed by atoms with Crippen LogP contribution in [0.2, 0.25) is 0 Å². The van der Waals surface area contributed by atoms with Gasteiger partial charge >= 0.3 is 0 Å². The first-order valence-corrected chi connectivity index (χ1v) is 3.23. The van der Waals surface area contributed by atoms with Gasteiger partial charge in [0.2, 0.25) is 0 Å². The topological polar surface area (TPSA) is 0 Å². The van der Waals surface area contributed by atoms with Crippen LogP contribution in [-0.2, 0) is 0 Å². The van der Waals surface area contributed by atoms with E-state index >= 15 is 0 Å². The Bertz CT molecular complexity index is 90.8. The van der Waals surface area contributed by atoms with Gasteiger partial charge in [-0.2, -0.15) is 0 Å². The Labute approximate surface area is 44.5 Å². The lowest BCUT2D eigenvalue weighted by Crippen LogP contribution is -2.38. The summed E-state index contributed by atoms with van der Waals surface area (Å²) in [6.07, 6.45) is 1.52. The maximum Gasteiger partial charge on any atom is 0.144 e. The summed E-state index contributed by atoms with van der Waals surface area (Å²) in [5.74, 6) is 0. The number of fused-ring (bicyclic) bond motifs is 1. The van der Waals surface area contributed by atoms with Gasteiger partial charge in [-0.05, 0) is 6.92 Å². The molecule has 2 fully saturated rings. The molecule has 2 unspecified atom stereocenters. The predicted octanol–water partition coefficient (Wildman–Crippen LogP) is 0.609. The number of rotatable bonds is 1. The van der Waals surface area contributed by atoms with Gasteiger partial charge in [0.05, 0.1) is 19.5 Å². The lowest BCUT2D eigenvalue weighted by Gasteiger charge is -2.25. The van der Waals surface area contributed by atoms with Crippen LogP contribution in [0.3, 0.4) is 0 Å². The van der Waals surface area contributed by atoms with Crippen molar-refractivity contribution in [1.29, 1.82) is 0 Å². The second-order valence-corrected chi connectivity index (χ2v) is 2.88. The molecule has 0 aromatic carbocycles. The normalized spacial score (nSPS) is 55.3. The lowest BCUT2D eigenvalue weighted by atomic mass is 10.2. The minimum atomic E-state index is 1.13. The van der Waals surface area contributed by atoms with Crippen molar-refractivity contribution in [3.05, 3.63) is 0 Å². The van der Waals surface area contributed by atoms with Gasteiger partial charge in [-0.25, -0.2) is 0 Å². The van der Waals surface area contributed by atoms with E-state index < -0.39 is 0 Å². The molecule has 0 bridgehead atoms. The summed E-state index contributed by atoms with van der Waals surface area (Å²) in [6.45, 7) is 6.70. The molecular formula is C6H12N+. The zero-order valence-electron chi connectivity index (χ0n) is 4.85. The summed E-state index contributed by atoms with van der Waals surface area (Å²) in [6, 6.07) is 1.13. The Morgan fingerprint density at radius 3 is 2.57 bits per heavy atom. The van der Waals surface area contributed by atoms with Crippen LogP contribution >= 0.6 is 0 Å². The Morgan fingerprint density at radius 1 is 1.71 bits per heavy atom. The van der Waals surface area contributed by atoms with E-state index in [1.807, 2.05) is 0 Å². The van der Waals surface area contributed by atoms with Gasteiger partial charge in [-0.1, -0.05) is 0 Å². The monoisotopic (exact) mass is 98.1 g/mol. The zero-order chi connectivity index (χ0) is 4.91. The molecule has 0 radical (unpaired) electrons. The van der Waals surface area contributed by atoms with Gasteiger partial charge in [0.1, 0.15) is 12.6 Å². The molecule has 40 valence electrons. The largest absolute Gasteiger partial charge is 0.311 e. The molecule has 7 heavy (non-hydrogen) atoms. The first-order valence-electron chi connectivity index (χ1n) is 3.23. The highest BCUT2D eigenvalue weighted by Crippen LogP contribution is 2.42. The molecule has 0 saturated carbocycles. The number of hydrogen-bond acceptors (Lipinski definition) is 0. The summed E-state index contributed by atoms with van der Waals surface area (Å²) < 4.78 is 1.49. The molecule has 2 atom stereocenters. The van der Waals surface area contributed by atoms with Crippen LogP contribution in [0.1, 0.15) is 13.3 Å². The molecule has 2 heterocycles. The molecule has 0 aromatic rings. The fourth-order valence-corrected chi connectivity index (χ4v) is 1.78. The van der Waals surface area contributed by atoms with Crippen molar-refractivity contribution in [2.45, 2.75) is 19.4 Å². The van der Waals surface area contributed by atoms with Crippen molar-refractivity contribution in [2.75, 3.05) is 19.6 Å². The quantitative estimate of drug-likeness (QED) is 0.333. The van der Waals surface area contributed by atoms with E-state index in [2.05, 4.69) is 6.92 Å². The van der Waals surface area contributed by atoms with Gasteiger partial charge in [0.25, 0.3) is 0 Å². The van der Waals surface area contributed by atoms with E-state index in [0.717, 1.165) is 6.04 Å². The van der Waals surface area contributed by atoms with Gasteiger partial charge in [0.15, 0.2) is 0 Å². The molecular weight excluding hydrogens is 86.1 g/mol. The van der Waals surface area contributed by atoms with Crippen molar-refractivity contribution in [3.63, 3.8) is 0 Å². The second-order valence-electron chi connectivity index (χ2n) is 2.88. The third-order valence-corrected chi connectivity index (χ3v) is 2.75. The summed E-state index contributed by atoms with van der Waals surface area (Å²) in [5.41, 5.74) is 0. The van der Waals surface area contributed by atoms with E-state index in [-0.39, 0.29) is 0 Å². The van der Waals surface area contributed by atoms with Crippen molar-refractivity contribution in [1.82, 2.24) is 0 Å². The number of hydrogen-bond donors (Lipinski definition) is 0. The molecule has 0 spiro atoms. The SMILES string of the molecule is CC[N+]12CCC1C2. The molecule has 2 aliphatic rings. The van der Waals surface area contributed by atoms with Crippen molar-refractivity contribution in [2.24, 2.45) is 0 Å². The summed E-state index contributed by atoms with van der Waals surface area (Å²) in [4.78, 5) is 0. The Morgan fingerprint density at radius 2 is 2.57 bits per heavy atom. The number of quaternary nitrogens is 1. The van der Waals surface area contributed by atoms with Crippen LogP contribution in [0.25, 0.3) is 0 Å². The van der Waals surface area contributed by atoms with Gasteiger partial charge in [0, 0.05) is 0 Å². The third kappa shape index (κ3) is 0.290. The summed E-state index contributed by atoms with van der Waals surface area (Å²) in [5, 5.41) is 0. The zero-order valence-corrected chi connectivity index (χ0v) is 4.85. The first-order chi connectivity index (χ1) is 3.37. The average Bonchev–Trinajstić information content (AvgIpc) is 2.12. The first kappa shape index (κ1) is 3.90. The smallest absolute Gasteiger partial charge is 0.144 e. The van der Waals surface area contributed by atoms with E-state index in [9.17, 15) is 0 Å². The van der Waals surface area contributed by atoms with Gasteiger partial charge in [-0.3, -0.25) is 0 Å². The van der Waals surface area contributed by atoms with Crippen molar-refractivity contribution >= 4 is 0 Å².